The van der Waals surface area contributed by atoms with E-state index in [4.69, 9.17) is 27.9 Å². The molecule has 0 bridgehead atoms. The highest BCUT2D eigenvalue weighted by Gasteiger charge is 2.62. The molecule has 2 heterocycles. The molecule has 3 amide bonds. The minimum absolute atomic E-state index is 0.156. The average Bonchev–Trinajstić information content (AvgIpc) is 3.26. The summed E-state index contributed by atoms with van der Waals surface area (Å²) in [4.78, 5) is 41.8. The fraction of sp³-hybridized carbons (Fsp3) is 0.382. The van der Waals surface area contributed by atoms with Crippen LogP contribution in [0.2, 0.25) is 10.0 Å². The van der Waals surface area contributed by atoms with Crippen LogP contribution in [0, 0.1) is 12.7 Å². The molecule has 250 valence electrons. The summed E-state index contributed by atoms with van der Waals surface area (Å²) in [5.41, 5.74) is -0.788. The second kappa shape index (κ2) is 13.1. The van der Waals surface area contributed by atoms with Gasteiger partial charge in [-0.2, -0.15) is 0 Å². The van der Waals surface area contributed by atoms with Gasteiger partial charge < -0.3 is 15.4 Å². The summed E-state index contributed by atoms with van der Waals surface area (Å²) in [6.45, 7) is 5.47. The lowest BCUT2D eigenvalue weighted by atomic mass is 9.59. The number of carbonyl (C=O) groups excluding carboxylic acids is 3. The van der Waals surface area contributed by atoms with Crippen LogP contribution in [-0.2, 0) is 29.8 Å². The van der Waals surface area contributed by atoms with Crippen LogP contribution < -0.4 is 20.1 Å². The fourth-order valence-corrected chi connectivity index (χ4v) is 7.98. The number of anilines is 1. The molecule has 1 spiro atoms. The van der Waals surface area contributed by atoms with Crippen LogP contribution in [-0.4, -0.2) is 38.0 Å². The van der Waals surface area contributed by atoms with Gasteiger partial charge in [-0.3, -0.25) is 14.4 Å². The number of piperidine rings is 1. The number of sulfonamides is 1. The Hall–Kier alpha value is -3.67. The van der Waals surface area contributed by atoms with Gasteiger partial charge in [-0.1, -0.05) is 62.0 Å². The van der Waals surface area contributed by atoms with Crippen molar-refractivity contribution in [3.63, 3.8) is 0 Å². The molecule has 3 aromatic carbocycles. The topological polar surface area (TPSA) is 131 Å². The van der Waals surface area contributed by atoms with Gasteiger partial charge >= 0.3 is 0 Å². The summed E-state index contributed by atoms with van der Waals surface area (Å²) in [7, 11) is -3.94. The van der Waals surface area contributed by atoms with E-state index in [0.29, 0.717) is 45.8 Å². The molecule has 1 fully saturated rings. The van der Waals surface area contributed by atoms with E-state index in [2.05, 4.69) is 15.4 Å². The van der Waals surface area contributed by atoms with Crippen LogP contribution in [0.15, 0.2) is 54.6 Å². The lowest BCUT2D eigenvalue weighted by Gasteiger charge is -2.47. The number of halogens is 3. The number of rotatable bonds is 10. The number of hydrogen-bond donors (Lipinski definition) is 3. The molecule has 0 aliphatic carbocycles. The number of nitrogens with one attached hydrogen (secondary N) is 3. The molecule has 0 aromatic heterocycles. The van der Waals surface area contributed by atoms with Crippen molar-refractivity contribution in [2.45, 2.75) is 75.9 Å². The van der Waals surface area contributed by atoms with Gasteiger partial charge in [-0.25, -0.2) is 17.5 Å². The van der Waals surface area contributed by atoms with E-state index in [1.54, 1.807) is 49.4 Å². The molecule has 0 saturated carbocycles. The van der Waals surface area contributed by atoms with E-state index in [-0.39, 0.29) is 30.0 Å². The maximum atomic E-state index is 14.8. The molecular formula is C34H36Cl2FN3O6S. The first kappa shape index (κ1) is 34.7. The predicted octanol–water partition coefficient (Wildman–Crippen LogP) is 6.47. The first-order valence-electron chi connectivity index (χ1n) is 15.3. The Morgan fingerprint density at radius 3 is 2.34 bits per heavy atom. The third-order valence-corrected chi connectivity index (χ3v) is 9.98. The number of aryl methyl sites for hydroxylation is 1. The number of ether oxygens (including phenoxy) is 1. The predicted molar refractivity (Wildman–Crippen MR) is 179 cm³/mol. The van der Waals surface area contributed by atoms with Gasteiger partial charge in [0.2, 0.25) is 21.8 Å². The van der Waals surface area contributed by atoms with Crippen LogP contribution in [0.4, 0.5) is 10.1 Å². The van der Waals surface area contributed by atoms with Crippen LogP contribution >= 0.6 is 23.2 Å². The van der Waals surface area contributed by atoms with Crippen molar-refractivity contribution in [2.75, 3.05) is 11.6 Å². The van der Waals surface area contributed by atoms with Gasteiger partial charge in [0.15, 0.2) is 5.60 Å². The standard InChI is InChI=1S/C34H36Cl2FN3O6S/c1-5-13-33(14-6-2,31(42)40-47(4,44)45)46-28-12-9-20(35)15-24(28)26-18-29(41)39-30(23-17-22(37)10-7-19(23)3)34(26)25-11-8-21(36)16-27(25)38-32(34)43/h7-12,15-17,26,30H,5-6,13-14,18H2,1-4H3,(H,38,43)(H,39,41)(H,40,42)/t26-,30+,34?/m1/s1. The maximum absolute atomic E-state index is 14.8. The zero-order valence-electron chi connectivity index (χ0n) is 26.4. The molecule has 9 nitrogen and oxygen atoms in total. The summed E-state index contributed by atoms with van der Waals surface area (Å²) in [6, 6.07) is 12.8. The third-order valence-electron chi connectivity index (χ3n) is 8.96. The summed E-state index contributed by atoms with van der Waals surface area (Å²) in [5, 5.41) is 6.58. The average molecular weight is 705 g/mol. The molecule has 2 aliphatic heterocycles. The first-order valence-corrected chi connectivity index (χ1v) is 18.0. The van der Waals surface area contributed by atoms with Gasteiger partial charge in [0.1, 0.15) is 17.0 Å². The molecule has 2 aliphatic rings. The molecule has 47 heavy (non-hydrogen) atoms. The molecule has 0 radical (unpaired) electrons. The summed E-state index contributed by atoms with van der Waals surface area (Å²) >= 11 is 12.9. The third kappa shape index (κ3) is 6.45. The van der Waals surface area contributed by atoms with E-state index in [9.17, 15) is 27.2 Å². The van der Waals surface area contributed by atoms with E-state index < -0.39 is 56.5 Å². The summed E-state index contributed by atoms with van der Waals surface area (Å²) < 4.78 is 47.9. The first-order chi connectivity index (χ1) is 22.1. The quantitative estimate of drug-likeness (QED) is 0.222. The largest absolute Gasteiger partial charge is 0.477 e. The van der Waals surface area contributed by atoms with Gasteiger partial charge in [0.25, 0.3) is 5.91 Å². The van der Waals surface area contributed by atoms with Crippen molar-refractivity contribution in [3.05, 3.63) is 92.7 Å². The van der Waals surface area contributed by atoms with Gasteiger partial charge in [0, 0.05) is 33.6 Å². The Morgan fingerprint density at radius 1 is 1.02 bits per heavy atom. The van der Waals surface area contributed by atoms with Crippen molar-refractivity contribution in [1.29, 1.82) is 0 Å². The molecule has 5 rings (SSSR count). The smallest absolute Gasteiger partial charge is 0.277 e. The zero-order chi connectivity index (χ0) is 34.3. The van der Waals surface area contributed by atoms with E-state index in [1.165, 1.54) is 12.1 Å². The Bertz CT molecular complexity index is 1860. The van der Waals surface area contributed by atoms with Crippen LogP contribution in [0.3, 0.4) is 0 Å². The molecule has 1 unspecified atom stereocenters. The van der Waals surface area contributed by atoms with Gasteiger partial charge in [0.05, 0.1) is 12.3 Å². The van der Waals surface area contributed by atoms with Crippen molar-refractivity contribution in [3.8, 4) is 5.75 Å². The van der Waals surface area contributed by atoms with Crippen molar-refractivity contribution < 1.29 is 31.9 Å². The maximum Gasteiger partial charge on any atom is 0.277 e. The molecular weight excluding hydrogens is 668 g/mol. The van der Waals surface area contributed by atoms with Gasteiger partial charge in [-0.05, 0) is 78.9 Å². The lowest BCUT2D eigenvalue weighted by molar-refractivity contribution is -0.137. The molecule has 3 aromatic rings. The molecule has 13 heteroatoms. The van der Waals surface area contributed by atoms with Crippen molar-refractivity contribution in [2.24, 2.45) is 0 Å². The highest BCUT2D eigenvalue weighted by molar-refractivity contribution is 7.89. The van der Waals surface area contributed by atoms with E-state index >= 15 is 0 Å². The Labute approximate surface area is 283 Å². The summed E-state index contributed by atoms with van der Waals surface area (Å²) in [6.07, 6.45) is 2.01. The number of amides is 3. The molecule has 3 N–H and O–H groups in total. The highest BCUT2D eigenvalue weighted by Crippen LogP contribution is 2.59. The van der Waals surface area contributed by atoms with E-state index in [1.807, 2.05) is 13.8 Å². The second-order valence-corrected chi connectivity index (χ2v) is 14.9. The second-order valence-electron chi connectivity index (χ2n) is 12.3. The Kier molecular flexibility index (Phi) is 9.65. The fourth-order valence-electron chi connectivity index (χ4n) is 7.11. The zero-order valence-corrected chi connectivity index (χ0v) is 28.7. The number of benzene rings is 3. The van der Waals surface area contributed by atoms with Gasteiger partial charge in [-0.15, -0.1) is 0 Å². The lowest BCUT2D eigenvalue weighted by Crippen LogP contribution is -2.57. The summed E-state index contributed by atoms with van der Waals surface area (Å²) in [5.74, 6) is -3.02. The SMILES string of the molecule is CCCC(CCC)(Oc1ccc(Cl)cc1[C@H]1CC(=O)N[C@@H](c2cc(F)ccc2C)C12C(=O)Nc1cc(Cl)ccc12)C(=O)NS(C)(=O)=O. The monoisotopic (exact) mass is 703 g/mol. The van der Waals surface area contributed by atoms with Crippen LogP contribution in [0.5, 0.6) is 5.75 Å². The minimum atomic E-state index is -3.94. The van der Waals surface area contributed by atoms with Crippen LogP contribution in [0.25, 0.3) is 0 Å². The Morgan fingerprint density at radius 2 is 1.68 bits per heavy atom. The molecule has 1 saturated heterocycles. The van der Waals surface area contributed by atoms with Crippen molar-refractivity contribution >= 4 is 56.6 Å². The highest BCUT2D eigenvalue weighted by atomic mass is 35.5. The minimum Gasteiger partial charge on any atom is -0.477 e. The normalized spacial score (nSPS) is 20.8. The number of carbonyl (C=O) groups is 3. The van der Waals surface area contributed by atoms with Crippen LogP contribution in [0.1, 0.15) is 80.2 Å². The number of hydrogen-bond acceptors (Lipinski definition) is 6. The van der Waals surface area contributed by atoms with E-state index in [0.717, 1.165) is 6.26 Å². The number of fused-ring (bicyclic) bond motifs is 2. The molecule has 3 atom stereocenters. The Balaban J connectivity index is 1.79. The van der Waals surface area contributed by atoms with Crippen molar-refractivity contribution in [1.82, 2.24) is 10.0 Å².